The van der Waals surface area contributed by atoms with Crippen molar-refractivity contribution < 1.29 is 13.2 Å². The minimum absolute atomic E-state index is 0.0718. The van der Waals surface area contributed by atoms with Crippen LogP contribution in [0.2, 0.25) is 0 Å². The predicted molar refractivity (Wildman–Crippen MR) is 63.1 cm³/mol. The Balaban J connectivity index is 3.32. The zero-order valence-electron chi connectivity index (χ0n) is 9.81. The van der Waals surface area contributed by atoms with Gasteiger partial charge in [0.15, 0.2) is 11.5 Å². The van der Waals surface area contributed by atoms with Crippen LogP contribution in [0.1, 0.15) is 6.92 Å². The molecule has 0 spiro atoms. The van der Waals surface area contributed by atoms with E-state index in [1.807, 2.05) is 0 Å². The maximum absolute atomic E-state index is 11.7. The van der Waals surface area contributed by atoms with Gasteiger partial charge in [0.1, 0.15) is 0 Å². The second-order valence-corrected chi connectivity index (χ2v) is 5.50. The molecule has 0 fully saturated rings. The van der Waals surface area contributed by atoms with Crippen molar-refractivity contribution in [1.29, 1.82) is 0 Å². The highest BCUT2D eigenvalue weighted by Gasteiger charge is 2.28. The number of hydrogen-bond donors (Lipinski definition) is 3. The molecule has 1 amide bonds. The zero-order valence-corrected chi connectivity index (χ0v) is 10.6. The zero-order chi connectivity index (χ0) is 13.2. The van der Waals surface area contributed by atoms with Gasteiger partial charge in [-0.2, -0.15) is 4.99 Å². The lowest BCUT2D eigenvalue weighted by molar-refractivity contribution is -0.116. The van der Waals surface area contributed by atoms with Gasteiger partial charge in [0.2, 0.25) is 15.0 Å². The number of carbonyl (C=O) groups is 1. The summed E-state index contributed by atoms with van der Waals surface area (Å²) in [4.78, 5) is 15.0. The maximum atomic E-state index is 11.7. The SMILES string of the molecule is CCS(=O)(=O)C1=NC(NC)=C(C(N)=O)N(C)N1. The Labute approximate surface area is 99.5 Å². The molecule has 0 radical (unpaired) electrons. The van der Waals surface area contributed by atoms with Gasteiger partial charge in [0.05, 0.1) is 5.75 Å². The van der Waals surface area contributed by atoms with E-state index in [1.165, 1.54) is 26.0 Å². The summed E-state index contributed by atoms with van der Waals surface area (Å²) in [6.07, 6.45) is 0. The molecule has 8 nitrogen and oxygen atoms in total. The number of nitrogens with one attached hydrogen (secondary N) is 2. The van der Waals surface area contributed by atoms with Gasteiger partial charge in [-0.1, -0.05) is 6.92 Å². The summed E-state index contributed by atoms with van der Waals surface area (Å²) in [6.45, 7) is 1.51. The number of nitrogens with zero attached hydrogens (tertiary/aromatic N) is 2. The van der Waals surface area contributed by atoms with Gasteiger partial charge < -0.3 is 11.1 Å². The number of hydrazine groups is 1. The molecule has 4 N–H and O–H groups in total. The van der Waals surface area contributed by atoms with Crippen molar-refractivity contribution in [3.63, 3.8) is 0 Å². The van der Waals surface area contributed by atoms with Gasteiger partial charge in [0.25, 0.3) is 5.91 Å². The Kier molecular flexibility index (Phi) is 3.61. The Morgan fingerprint density at radius 1 is 1.59 bits per heavy atom. The van der Waals surface area contributed by atoms with Crippen LogP contribution < -0.4 is 16.5 Å². The largest absolute Gasteiger partial charge is 0.371 e. The summed E-state index contributed by atoms with van der Waals surface area (Å²) in [5.74, 6) is -0.679. The number of carbonyl (C=O) groups excluding carboxylic acids is 1. The van der Waals surface area contributed by atoms with Crippen molar-refractivity contribution in [2.75, 3.05) is 19.8 Å². The molecular formula is C8H15N5O3S. The molecule has 0 unspecified atom stereocenters. The van der Waals surface area contributed by atoms with E-state index in [-0.39, 0.29) is 22.4 Å². The molecule has 1 rings (SSSR count). The number of primary amides is 1. The molecule has 96 valence electrons. The number of sulfone groups is 1. The Morgan fingerprint density at radius 3 is 2.59 bits per heavy atom. The summed E-state index contributed by atoms with van der Waals surface area (Å²) in [5, 5.41) is 3.65. The Morgan fingerprint density at radius 2 is 2.18 bits per heavy atom. The maximum Gasteiger partial charge on any atom is 0.270 e. The van der Waals surface area contributed by atoms with Crippen molar-refractivity contribution in [2.45, 2.75) is 6.92 Å². The van der Waals surface area contributed by atoms with Crippen molar-refractivity contribution in [3.8, 4) is 0 Å². The summed E-state index contributed by atoms with van der Waals surface area (Å²) in [7, 11) is -0.467. The third-order valence-electron chi connectivity index (χ3n) is 2.18. The molecule has 9 heteroatoms. The molecule has 1 aliphatic heterocycles. The van der Waals surface area contributed by atoms with E-state index in [0.717, 1.165) is 0 Å². The number of amides is 1. The smallest absolute Gasteiger partial charge is 0.270 e. The molecule has 0 atom stereocenters. The second kappa shape index (κ2) is 4.62. The van der Waals surface area contributed by atoms with Crippen LogP contribution in [0.5, 0.6) is 0 Å². The number of nitrogens with two attached hydrogens (primary N) is 1. The number of likely N-dealkylation sites (N-methyl/N-ethyl adjacent to an activating group) is 1. The van der Waals surface area contributed by atoms with Gasteiger partial charge in [-0.05, 0) is 0 Å². The van der Waals surface area contributed by atoms with Crippen LogP contribution in [-0.4, -0.2) is 44.3 Å². The first kappa shape index (κ1) is 13.3. The predicted octanol–water partition coefficient (Wildman–Crippen LogP) is -1.90. The van der Waals surface area contributed by atoms with Crippen LogP contribution in [0.3, 0.4) is 0 Å². The summed E-state index contributed by atoms with van der Waals surface area (Å²) >= 11 is 0. The molecule has 0 bridgehead atoms. The molecule has 0 aliphatic carbocycles. The first-order valence-corrected chi connectivity index (χ1v) is 6.52. The number of amidine groups is 1. The minimum Gasteiger partial charge on any atom is -0.371 e. The lowest BCUT2D eigenvalue weighted by atomic mass is 10.4. The van der Waals surface area contributed by atoms with Crippen LogP contribution in [0.15, 0.2) is 16.5 Å². The van der Waals surface area contributed by atoms with Gasteiger partial charge in [0, 0.05) is 14.1 Å². The fourth-order valence-electron chi connectivity index (χ4n) is 1.27. The van der Waals surface area contributed by atoms with Gasteiger partial charge in [-0.15, -0.1) is 0 Å². The van der Waals surface area contributed by atoms with E-state index < -0.39 is 15.7 Å². The Hall–Kier alpha value is -1.77. The number of hydrogen-bond acceptors (Lipinski definition) is 7. The summed E-state index contributed by atoms with van der Waals surface area (Å²) < 4.78 is 23.3. The highest BCUT2D eigenvalue weighted by Crippen LogP contribution is 2.12. The standard InChI is InChI=1S/C8H15N5O3S/c1-4-17(15,16)8-11-7(10-2)5(6(9)14)13(3)12-8/h10H,4H2,1-3H3,(H2,9,14)(H,11,12). The van der Waals surface area contributed by atoms with E-state index in [2.05, 4.69) is 15.7 Å². The average molecular weight is 261 g/mol. The molecule has 0 aromatic carbocycles. The van der Waals surface area contributed by atoms with Crippen LogP contribution in [0, 0.1) is 0 Å². The van der Waals surface area contributed by atoms with E-state index >= 15 is 0 Å². The van der Waals surface area contributed by atoms with Crippen molar-refractivity contribution >= 4 is 20.9 Å². The average Bonchev–Trinajstić information content (AvgIpc) is 2.27. The van der Waals surface area contributed by atoms with Gasteiger partial charge in [-0.25, -0.2) is 8.42 Å². The van der Waals surface area contributed by atoms with E-state index in [4.69, 9.17) is 5.73 Å². The highest BCUT2D eigenvalue weighted by molar-refractivity contribution is 8.06. The third kappa shape index (κ3) is 2.49. The quantitative estimate of drug-likeness (QED) is 0.546. The van der Waals surface area contributed by atoms with Crippen molar-refractivity contribution in [2.24, 2.45) is 10.7 Å². The molecule has 1 aliphatic rings. The number of rotatable bonds is 3. The molecule has 0 saturated heterocycles. The molecular weight excluding hydrogens is 246 g/mol. The van der Waals surface area contributed by atoms with Crippen LogP contribution in [0.4, 0.5) is 0 Å². The molecule has 0 aromatic rings. The van der Waals surface area contributed by atoms with Gasteiger partial charge >= 0.3 is 0 Å². The fourth-order valence-corrected chi connectivity index (χ4v) is 2.05. The fraction of sp³-hybridized carbons (Fsp3) is 0.500. The summed E-state index contributed by atoms with van der Waals surface area (Å²) in [6, 6.07) is 0. The minimum atomic E-state index is -3.48. The van der Waals surface area contributed by atoms with Crippen molar-refractivity contribution in [1.82, 2.24) is 15.8 Å². The van der Waals surface area contributed by atoms with Crippen LogP contribution >= 0.6 is 0 Å². The van der Waals surface area contributed by atoms with E-state index in [1.54, 1.807) is 0 Å². The van der Waals surface area contributed by atoms with Gasteiger partial charge in [-0.3, -0.25) is 15.2 Å². The van der Waals surface area contributed by atoms with Crippen LogP contribution in [0.25, 0.3) is 0 Å². The van der Waals surface area contributed by atoms with Crippen molar-refractivity contribution in [3.05, 3.63) is 11.5 Å². The molecule has 17 heavy (non-hydrogen) atoms. The topological polar surface area (TPSA) is 117 Å². The number of aliphatic imine (C=N–C) groups is 1. The lowest BCUT2D eigenvalue weighted by Gasteiger charge is -2.28. The summed E-state index contributed by atoms with van der Waals surface area (Å²) in [5.41, 5.74) is 7.75. The molecule has 0 saturated carbocycles. The van der Waals surface area contributed by atoms with E-state index in [0.29, 0.717) is 0 Å². The first-order chi connectivity index (χ1) is 7.83. The Bertz CT molecular complexity index is 493. The normalized spacial score (nSPS) is 16.4. The highest BCUT2D eigenvalue weighted by atomic mass is 32.2. The van der Waals surface area contributed by atoms with Crippen LogP contribution in [-0.2, 0) is 14.6 Å². The monoisotopic (exact) mass is 261 g/mol. The lowest BCUT2D eigenvalue weighted by Crippen LogP contribution is -2.49. The molecule has 1 heterocycles. The first-order valence-electron chi connectivity index (χ1n) is 4.87. The van der Waals surface area contributed by atoms with E-state index in [9.17, 15) is 13.2 Å². The third-order valence-corrected chi connectivity index (χ3v) is 3.71. The second-order valence-electron chi connectivity index (χ2n) is 3.30. The molecule has 0 aromatic heterocycles.